The van der Waals surface area contributed by atoms with E-state index in [2.05, 4.69) is 30.4 Å². The van der Waals surface area contributed by atoms with Crippen LogP contribution in [-0.2, 0) is 4.74 Å². The van der Waals surface area contributed by atoms with Crippen LogP contribution in [-0.4, -0.2) is 70.8 Å². The maximum Gasteiger partial charge on any atom is 0.216 e. The van der Waals surface area contributed by atoms with E-state index in [0.717, 1.165) is 56.9 Å². The lowest BCUT2D eigenvalue weighted by Crippen LogP contribution is -2.43. The third kappa shape index (κ3) is 4.89. The van der Waals surface area contributed by atoms with Gasteiger partial charge in [0.1, 0.15) is 12.1 Å². The molecule has 4 heterocycles. The number of aromatic nitrogens is 4. The second-order valence-electron chi connectivity index (χ2n) is 8.44. The van der Waals surface area contributed by atoms with Crippen molar-refractivity contribution in [2.24, 2.45) is 0 Å². The molecule has 2 fully saturated rings. The molecular formula is C24H28N6O3. The molecule has 2 aliphatic rings. The fourth-order valence-electron chi connectivity index (χ4n) is 4.46. The maximum absolute atomic E-state index is 10.6. The second-order valence-corrected chi connectivity index (χ2v) is 8.44. The first-order chi connectivity index (χ1) is 16.2. The molecule has 0 aliphatic carbocycles. The number of nitrogens with zero attached hydrogens (tertiary/aromatic N) is 5. The molecular weight excluding hydrogens is 420 g/mol. The monoisotopic (exact) mass is 448 g/mol. The third-order valence-electron chi connectivity index (χ3n) is 6.28. The molecule has 0 spiro atoms. The summed E-state index contributed by atoms with van der Waals surface area (Å²) in [6.45, 7) is 3.58. The normalized spacial score (nSPS) is 19.1. The minimum Gasteiger partial charge on any atom is -0.507 e. The number of methoxy groups -OCH3 is 1. The zero-order valence-corrected chi connectivity index (χ0v) is 18.6. The SMILES string of the molecule is COc1cc(-c2ccc(-c3ccc(N4CC[C@H](NC5CCOCC5)C4)nn3)c(O)c2)ncn1. The topological polar surface area (TPSA) is 106 Å². The van der Waals surface area contributed by atoms with Gasteiger partial charge < -0.3 is 24.8 Å². The Morgan fingerprint density at radius 3 is 2.64 bits per heavy atom. The average molecular weight is 449 g/mol. The van der Waals surface area contributed by atoms with Gasteiger partial charge in [0, 0.05) is 55.6 Å². The lowest BCUT2D eigenvalue weighted by molar-refractivity contribution is 0.0755. The summed E-state index contributed by atoms with van der Waals surface area (Å²) in [7, 11) is 1.56. The first-order valence-corrected chi connectivity index (χ1v) is 11.3. The van der Waals surface area contributed by atoms with E-state index >= 15 is 0 Å². The van der Waals surface area contributed by atoms with Gasteiger partial charge in [0.2, 0.25) is 5.88 Å². The summed E-state index contributed by atoms with van der Waals surface area (Å²) in [4.78, 5) is 10.5. The van der Waals surface area contributed by atoms with E-state index < -0.39 is 0 Å². The Bertz CT molecular complexity index is 1090. The highest BCUT2D eigenvalue weighted by atomic mass is 16.5. The van der Waals surface area contributed by atoms with Crippen LogP contribution in [0.15, 0.2) is 42.7 Å². The summed E-state index contributed by atoms with van der Waals surface area (Å²) in [6, 6.07) is 12.0. The molecule has 2 aliphatic heterocycles. The van der Waals surface area contributed by atoms with Gasteiger partial charge in [-0.05, 0) is 43.5 Å². The Hall–Kier alpha value is -3.30. The van der Waals surface area contributed by atoms with E-state index in [0.29, 0.717) is 34.9 Å². The van der Waals surface area contributed by atoms with Gasteiger partial charge in [0.25, 0.3) is 0 Å². The molecule has 2 aromatic heterocycles. The molecule has 172 valence electrons. The van der Waals surface area contributed by atoms with Crippen LogP contribution in [0.2, 0.25) is 0 Å². The third-order valence-corrected chi connectivity index (χ3v) is 6.28. The summed E-state index contributed by atoms with van der Waals surface area (Å²) >= 11 is 0. The largest absolute Gasteiger partial charge is 0.507 e. The predicted octanol–water partition coefficient (Wildman–Crippen LogP) is 2.66. The van der Waals surface area contributed by atoms with Crippen LogP contribution in [0.3, 0.4) is 0 Å². The Kier molecular flexibility index (Phi) is 6.32. The summed E-state index contributed by atoms with van der Waals surface area (Å²) in [6.07, 6.45) is 4.69. The molecule has 1 aromatic carbocycles. The fraction of sp³-hybridized carbons (Fsp3) is 0.417. The number of nitrogens with one attached hydrogen (secondary N) is 1. The van der Waals surface area contributed by atoms with E-state index in [-0.39, 0.29) is 5.75 Å². The first-order valence-electron chi connectivity index (χ1n) is 11.3. The molecule has 33 heavy (non-hydrogen) atoms. The number of phenolic OH excluding ortho intramolecular Hbond substituents is 1. The number of ether oxygens (including phenoxy) is 2. The molecule has 5 rings (SSSR count). The number of aromatic hydroxyl groups is 1. The summed E-state index contributed by atoms with van der Waals surface area (Å²) in [5, 5.41) is 23.2. The van der Waals surface area contributed by atoms with Crippen molar-refractivity contribution < 1.29 is 14.6 Å². The maximum atomic E-state index is 10.6. The van der Waals surface area contributed by atoms with Crippen LogP contribution >= 0.6 is 0 Å². The minimum atomic E-state index is 0.119. The van der Waals surface area contributed by atoms with Crippen LogP contribution in [0.1, 0.15) is 19.3 Å². The van der Waals surface area contributed by atoms with Crippen molar-refractivity contribution in [2.75, 3.05) is 38.3 Å². The molecule has 3 aromatic rings. The zero-order valence-electron chi connectivity index (χ0n) is 18.6. The number of benzene rings is 1. The predicted molar refractivity (Wildman–Crippen MR) is 124 cm³/mol. The molecule has 0 radical (unpaired) electrons. The molecule has 2 N–H and O–H groups in total. The Labute approximate surface area is 192 Å². The van der Waals surface area contributed by atoms with E-state index in [4.69, 9.17) is 9.47 Å². The van der Waals surface area contributed by atoms with Crippen molar-refractivity contribution in [1.82, 2.24) is 25.5 Å². The van der Waals surface area contributed by atoms with Crippen LogP contribution in [0.4, 0.5) is 5.82 Å². The zero-order chi connectivity index (χ0) is 22.6. The van der Waals surface area contributed by atoms with Gasteiger partial charge in [-0.25, -0.2) is 9.97 Å². The Morgan fingerprint density at radius 1 is 1.00 bits per heavy atom. The standard InChI is InChI=1S/C24H28N6O3/c1-32-24-13-21(25-15-26-24)16-2-3-19(22(31)12-16)20-4-5-23(29-28-20)30-9-6-18(14-30)27-17-7-10-33-11-8-17/h2-5,12-13,15,17-18,27,31H,6-11,14H2,1H3/t18-/m0/s1. The number of hydrogen-bond acceptors (Lipinski definition) is 9. The van der Waals surface area contributed by atoms with Gasteiger partial charge in [-0.2, -0.15) is 0 Å². The molecule has 0 amide bonds. The van der Waals surface area contributed by atoms with Crippen LogP contribution in [0.25, 0.3) is 22.5 Å². The van der Waals surface area contributed by atoms with Gasteiger partial charge >= 0.3 is 0 Å². The fourth-order valence-corrected chi connectivity index (χ4v) is 4.46. The van der Waals surface area contributed by atoms with E-state index in [1.807, 2.05) is 24.3 Å². The smallest absolute Gasteiger partial charge is 0.216 e. The van der Waals surface area contributed by atoms with Gasteiger partial charge in [-0.3, -0.25) is 0 Å². The molecule has 2 saturated heterocycles. The van der Waals surface area contributed by atoms with E-state index in [9.17, 15) is 5.11 Å². The highest BCUT2D eigenvalue weighted by Gasteiger charge is 2.26. The molecule has 0 bridgehead atoms. The van der Waals surface area contributed by atoms with Gasteiger partial charge in [0.05, 0.1) is 18.5 Å². The van der Waals surface area contributed by atoms with Crippen molar-refractivity contribution in [1.29, 1.82) is 0 Å². The number of phenols is 1. The quantitative estimate of drug-likeness (QED) is 0.589. The van der Waals surface area contributed by atoms with Crippen LogP contribution < -0.4 is 15.0 Å². The lowest BCUT2D eigenvalue weighted by atomic mass is 10.1. The van der Waals surface area contributed by atoms with Crippen molar-refractivity contribution in [2.45, 2.75) is 31.3 Å². The Balaban J connectivity index is 1.25. The summed E-state index contributed by atoms with van der Waals surface area (Å²) in [5.74, 6) is 1.45. The van der Waals surface area contributed by atoms with Crippen molar-refractivity contribution >= 4 is 5.82 Å². The summed E-state index contributed by atoms with van der Waals surface area (Å²) < 4.78 is 10.6. The van der Waals surface area contributed by atoms with Gasteiger partial charge in [-0.1, -0.05) is 6.07 Å². The van der Waals surface area contributed by atoms with E-state index in [1.165, 1.54) is 6.33 Å². The highest BCUT2D eigenvalue weighted by Crippen LogP contribution is 2.32. The molecule has 9 heteroatoms. The molecule has 0 unspecified atom stereocenters. The second kappa shape index (κ2) is 9.68. The van der Waals surface area contributed by atoms with Crippen molar-refractivity contribution in [3.8, 4) is 34.1 Å². The van der Waals surface area contributed by atoms with E-state index in [1.54, 1.807) is 19.2 Å². The average Bonchev–Trinajstić information content (AvgIpc) is 3.33. The van der Waals surface area contributed by atoms with Crippen molar-refractivity contribution in [3.63, 3.8) is 0 Å². The Morgan fingerprint density at radius 2 is 1.88 bits per heavy atom. The molecule has 9 nitrogen and oxygen atoms in total. The highest BCUT2D eigenvalue weighted by molar-refractivity contribution is 5.73. The minimum absolute atomic E-state index is 0.119. The number of hydrogen-bond donors (Lipinski definition) is 2. The van der Waals surface area contributed by atoms with Crippen LogP contribution in [0, 0.1) is 0 Å². The van der Waals surface area contributed by atoms with Crippen molar-refractivity contribution in [3.05, 3.63) is 42.7 Å². The molecule has 0 saturated carbocycles. The van der Waals surface area contributed by atoms with Crippen LogP contribution in [0.5, 0.6) is 11.6 Å². The number of anilines is 1. The number of rotatable bonds is 6. The lowest BCUT2D eigenvalue weighted by Gasteiger charge is -2.26. The summed E-state index contributed by atoms with van der Waals surface area (Å²) in [5.41, 5.74) is 2.68. The van der Waals surface area contributed by atoms with Gasteiger partial charge in [0.15, 0.2) is 5.82 Å². The first kappa shape index (κ1) is 21.5. The van der Waals surface area contributed by atoms with Gasteiger partial charge in [-0.15, -0.1) is 10.2 Å². The molecule has 1 atom stereocenters.